The van der Waals surface area contributed by atoms with Crippen molar-refractivity contribution in [1.29, 1.82) is 0 Å². The summed E-state index contributed by atoms with van der Waals surface area (Å²) in [5.41, 5.74) is 3.11. The number of Topliss-reactive ketones (excluding diaryl/α,β-unsaturated/α-hetero) is 1. The van der Waals surface area contributed by atoms with Gasteiger partial charge in [-0.15, -0.1) is 10.2 Å². The zero-order valence-electron chi connectivity index (χ0n) is 9.94. The molecular formula is C12H10N4OS2. The van der Waals surface area contributed by atoms with Crippen LogP contribution in [-0.2, 0) is 4.79 Å². The second kappa shape index (κ2) is 5.50. The van der Waals surface area contributed by atoms with E-state index in [4.69, 9.17) is 0 Å². The maximum atomic E-state index is 12.4. The van der Waals surface area contributed by atoms with Crippen LogP contribution in [0.4, 0.5) is 0 Å². The van der Waals surface area contributed by atoms with Gasteiger partial charge in [0.25, 0.3) is 0 Å². The summed E-state index contributed by atoms with van der Waals surface area (Å²) in [6.45, 7) is 0. The Labute approximate surface area is 118 Å². The molecule has 2 aromatic rings. The van der Waals surface area contributed by atoms with Gasteiger partial charge in [0.05, 0.1) is 11.4 Å². The Hall–Kier alpha value is -1.73. The smallest absolute Gasteiger partial charge is 0.185 e. The van der Waals surface area contributed by atoms with E-state index >= 15 is 0 Å². The number of rotatable bonds is 2. The summed E-state index contributed by atoms with van der Waals surface area (Å²) >= 11 is 2.57. The van der Waals surface area contributed by atoms with Gasteiger partial charge in [0.15, 0.2) is 5.78 Å². The molecule has 1 saturated carbocycles. The van der Waals surface area contributed by atoms with E-state index in [1.165, 1.54) is 23.1 Å². The van der Waals surface area contributed by atoms with Gasteiger partial charge >= 0.3 is 0 Å². The first-order chi connectivity index (χ1) is 9.33. The van der Waals surface area contributed by atoms with Gasteiger partial charge in [-0.25, -0.2) is 0 Å². The van der Waals surface area contributed by atoms with Gasteiger partial charge in [0.1, 0.15) is 0 Å². The van der Waals surface area contributed by atoms with Gasteiger partial charge in [-0.2, -0.15) is 0 Å². The van der Waals surface area contributed by atoms with Gasteiger partial charge in [-0.1, -0.05) is 8.98 Å². The molecule has 0 amide bonds. The second-order valence-electron chi connectivity index (χ2n) is 4.18. The maximum Gasteiger partial charge on any atom is 0.185 e. The molecule has 5 nitrogen and oxygen atoms in total. The highest BCUT2D eigenvalue weighted by atomic mass is 32.1. The zero-order valence-corrected chi connectivity index (χ0v) is 11.6. The molecule has 7 heteroatoms. The highest BCUT2D eigenvalue weighted by molar-refractivity contribution is 7.03. The largest absolute Gasteiger partial charge is 0.289 e. The van der Waals surface area contributed by atoms with Crippen molar-refractivity contribution in [2.45, 2.75) is 19.3 Å². The molecule has 0 aromatic carbocycles. The molecule has 1 aliphatic rings. The number of carbonyl (C=O) groups is 1. The molecule has 0 radical (unpaired) electrons. The number of allylic oxidation sites excluding steroid dienone is 2. The van der Waals surface area contributed by atoms with Gasteiger partial charge in [0, 0.05) is 21.9 Å². The van der Waals surface area contributed by atoms with E-state index in [1.54, 1.807) is 0 Å². The minimum absolute atomic E-state index is 0.0900. The van der Waals surface area contributed by atoms with Crippen molar-refractivity contribution >= 4 is 41.0 Å². The normalized spacial score (nSPS) is 20.3. The Balaban J connectivity index is 1.87. The van der Waals surface area contributed by atoms with Crippen LogP contribution in [0.5, 0.6) is 0 Å². The Bertz CT molecular complexity index is 575. The molecule has 0 bridgehead atoms. The lowest BCUT2D eigenvalue weighted by Gasteiger charge is -2.15. The van der Waals surface area contributed by atoms with E-state index in [9.17, 15) is 4.79 Å². The van der Waals surface area contributed by atoms with Crippen LogP contribution in [0.3, 0.4) is 0 Å². The van der Waals surface area contributed by atoms with Gasteiger partial charge in [-0.3, -0.25) is 4.79 Å². The van der Waals surface area contributed by atoms with E-state index in [-0.39, 0.29) is 5.78 Å². The van der Waals surface area contributed by atoms with E-state index in [1.807, 2.05) is 22.9 Å². The molecule has 0 spiro atoms. The molecule has 0 unspecified atom stereocenters. The Morgan fingerprint density at radius 3 is 1.89 bits per heavy atom. The number of nitrogens with zero attached hydrogens (tertiary/aromatic N) is 4. The fraction of sp³-hybridized carbons (Fsp3) is 0.250. The summed E-state index contributed by atoms with van der Waals surface area (Å²) in [4.78, 5) is 12.4. The fourth-order valence-electron chi connectivity index (χ4n) is 2.00. The van der Waals surface area contributed by atoms with Crippen LogP contribution in [0.15, 0.2) is 21.9 Å². The van der Waals surface area contributed by atoms with Crippen LogP contribution in [0, 0.1) is 0 Å². The van der Waals surface area contributed by atoms with Crippen molar-refractivity contribution in [3.8, 4) is 0 Å². The molecule has 1 aliphatic carbocycles. The van der Waals surface area contributed by atoms with Crippen LogP contribution in [0.1, 0.15) is 30.7 Å². The molecular weight excluding hydrogens is 280 g/mol. The van der Waals surface area contributed by atoms with Crippen molar-refractivity contribution in [1.82, 2.24) is 19.2 Å². The first kappa shape index (κ1) is 12.3. The summed E-state index contributed by atoms with van der Waals surface area (Å²) in [5.74, 6) is 0.0900. The van der Waals surface area contributed by atoms with Crippen molar-refractivity contribution in [3.63, 3.8) is 0 Å². The van der Waals surface area contributed by atoms with Gasteiger partial charge < -0.3 is 0 Å². The lowest BCUT2D eigenvalue weighted by molar-refractivity contribution is -0.112. The highest BCUT2D eigenvalue weighted by Gasteiger charge is 2.21. The van der Waals surface area contributed by atoms with E-state index in [0.717, 1.165) is 41.8 Å². The summed E-state index contributed by atoms with van der Waals surface area (Å²) < 4.78 is 7.59. The Kier molecular flexibility index (Phi) is 3.56. The predicted octanol–water partition coefficient (Wildman–Crippen LogP) is 2.61. The molecule has 96 valence electrons. The molecule has 1 fully saturated rings. The number of hydrogen-bond acceptors (Lipinski definition) is 7. The average molecular weight is 290 g/mol. The third kappa shape index (κ3) is 2.82. The molecule has 19 heavy (non-hydrogen) atoms. The first-order valence-electron chi connectivity index (χ1n) is 5.83. The van der Waals surface area contributed by atoms with Crippen LogP contribution in [0.25, 0.3) is 12.2 Å². The lowest BCUT2D eigenvalue weighted by Crippen LogP contribution is -2.12. The van der Waals surface area contributed by atoms with Crippen molar-refractivity contribution in [3.05, 3.63) is 33.3 Å². The number of hydrogen-bond donors (Lipinski definition) is 0. The van der Waals surface area contributed by atoms with Crippen molar-refractivity contribution < 1.29 is 4.79 Å². The summed E-state index contributed by atoms with van der Waals surface area (Å²) in [6, 6.07) is 0. The van der Waals surface area contributed by atoms with Crippen LogP contribution < -0.4 is 0 Å². The molecule has 0 atom stereocenters. The minimum atomic E-state index is 0.0900. The number of aromatic nitrogens is 4. The van der Waals surface area contributed by atoms with Crippen molar-refractivity contribution in [2.24, 2.45) is 0 Å². The van der Waals surface area contributed by atoms with E-state index < -0.39 is 0 Å². The predicted molar refractivity (Wildman–Crippen MR) is 74.6 cm³/mol. The molecule has 3 rings (SSSR count). The lowest BCUT2D eigenvalue weighted by atomic mass is 9.88. The molecule has 2 aromatic heterocycles. The fourth-order valence-corrected chi connectivity index (χ4v) is 2.83. The topological polar surface area (TPSA) is 68.6 Å². The standard InChI is InChI=1S/C12H10N4OS2/c17-12-8(4-10-6-18-15-13-10)2-1-3-9(12)5-11-7-19-16-14-11/h4-7H,1-3H2/b8-4-,9-5-. The third-order valence-electron chi connectivity index (χ3n) is 2.87. The molecule has 0 aliphatic heterocycles. The van der Waals surface area contributed by atoms with Crippen LogP contribution >= 0.6 is 23.1 Å². The minimum Gasteiger partial charge on any atom is -0.289 e. The van der Waals surface area contributed by atoms with E-state index in [2.05, 4.69) is 19.2 Å². The zero-order chi connectivity index (χ0) is 13.1. The average Bonchev–Trinajstić information content (AvgIpc) is 3.07. The highest BCUT2D eigenvalue weighted by Crippen LogP contribution is 2.27. The summed E-state index contributed by atoms with van der Waals surface area (Å²) in [5, 5.41) is 11.6. The summed E-state index contributed by atoms with van der Waals surface area (Å²) in [7, 11) is 0. The second-order valence-corrected chi connectivity index (χ2v) is 5.40. The maximum absolute atomic E-state index is 12.4. The van der Waals surface area contributed by atoms with Gasteiger partial charge in [0.2, 0.25) is 0 Å². The van der Waals surface area contributed by atoms with Crippen LogP contribution in [-0.4, -0.2) is 25.0 Å². The first-order valence-corrected chi connectivity index (χ1v) is 7.50. The van der Waals surface area contributed by atoms with Crippen LogP contribution in [0.2, 0.25) is 0 Å². The Morgan fingerprint density at radius 1 is 0.947 bits per heavy atom. The SMILES string of the molecule is O=C1/C(=C\c2csnn2)CCC/C1=C/c1csnn1. The molecule has 0 N–H and O–H groups in total. The van der Waals surface area contributed by atoms with Crippen molar-refractivity contribution in [2.75, 3.05) is 0 Å². The van der Waals surface area contributed by atoms with Gasteiger partial charge in [-0.05, 0) is 54.5 Å². The monoisotopic (exact) mass is 290 g/mol. The quantitative estimate of drug-likeness (QED) is 0.795. The number of carbonyl (C=O) groups excluding carboxylic acids is 1. The Morgan fingerprint density at radius 2 is 1.47 bits per heavy atom. The number of ketones is 1. The summed E-state index contributed by atoms with van der Waals surface area (Å²) in [6.07, 6.45) is 6.22. The molecule has 2 heterocycles. The van der Waals surface area contributed by atoms with E-state index in [0.29, 0.717) is 0 Å². The third-order valence-corrected chi connectivity index (χ3v) is 3.92. The molecule has 0 saturated heterocycles.